The van der Waals surface area contributed by atoms with E-state index in [0.717, 1.165) is 10.8 Å². The number of carbonyl (C=O) groups excluding carboxylic acids is 2. The van der Waals surface area contributed by atoms with Crippen LogP contribution < -0.4 is 10.6 Å². The summed E-state index contributed by atoms with van der Waals surface area (Å²) in [6.45, 7) is 0. The van der Waals surface area contributed by atoms with Gasteiger partial charge in [0, 0.05) is 43.3 Å². The zero-order chi connectivity index (χ0) is 21.1. The van der Waals surface area contributed by atoms with Crippen molar-refractivity contribution in [2.45, 2.75) is 0 Å². The van der Waals surface area contributed by atoms with Crippen LogP contribution >= 0.6 is 23.2 Å². The maximum absolute atomic E-state index is 12.6. The average molecular weight is 435 g/mol. The molecular formula is C24H16Cl2N2O2. The highest BCUT2D eigenvalue weighted by Gasteiger charge is 2.12. The normalized spacial score (nSPS) is 10.6. The number of rotatable bonds is 4. The van der Waals surface area contributed by atoms with Crippen molar-refractivity contribution in [1.29, 1.82) is 0 Å². The predicted octanol–water partition coefficient (Wildman–Crippen LogP) is 6.65. The lowest BCUT2D eigenvalue weighted by Gasteiger charge is -2.13. The molecule has 0 radical (unpaired) electrons. The summed E-state index contributed by atoms with van der Waals surface area (Å²) in [7, 11) is 0. The Bertz CT molecular complexity index is 1140. The van der Waals surface area contributed by atoms with Crippen LogP contribution in [0.25, 0.3) is 10.8 Å². The number of anilines is 2. The molecule has 30 heavy (non-hydrogen) atoms. The van der Waals surface area contributed by atoms with Gasteiger partial charge in [-0.05, 0) is 60.7 Å². The van der Waals surface area contributed by atoms with E-state index in [1.54, 1.807) is 48.5 Å². The van der Waals surface area contributed by atoms with Gasteiger partial charge in [-0.1, -0.05) is 47.5 Å². The van der Waals surface area contributed by atoms with E-state index in [9.17, 15) is 9.59 Å². The number of benzene rings is 4. The van der Waals surface area contributed by atoms with Gasteiger partial charge < -0.3 is 10.6 Å². The molecule has 4 rings (SSSR count). The second kappa shape index (κ2) is 8.57. The third kappa shape index (κ3) is 4.30. The van der Waals surface area contributed by atoms with E-state index in [-0.39, 0.29) is 11.8 Å². The van der Waals surface area contributed by atoms with Crippen molar-refractivity contribution in [3.63, 3.8) is 0 Å². The number of hydrogen-bond donors (Lipinski definition) is 2. The van der Waals surface area contributed by atoms with Crippen LogP contribution in [0.15, 0.2) is 84.9 Å². The first-order valence-electron chi connectivity index (χ1n) is 9.17. The summed E-state index contributed by atoms with van der Waals surface area (Å²) in [5.41, 5.74) is 2.30. The van der Waals surface area contributed by atoms with E-state index >= 15 is 0 Å². The van der Waals surface area contributed by atoms with E-state index in [2.05, 4.69) is 10.6 Å². The van der Waals surface area contributed by atoms with Gasteiger partial charge in [0.2, 0.25) is 0 Å². The molecule has 0 atom stereocenters. The second-order valence-electron chi connectivity index (χ2n) is 6.63. The first-order valence-corrected chi connectivity index (χ1v) is 9.92. The van der Waals surface area contributed by atoms with Crippen LogP contribution in [0.3, 0.4) is 0 Å². The topological polar surface area (TPSA) is 58.2 Å². The number of nitrogens with one attached hydrogen (secondary N) is 2. The van der Waals surface area contributed by atoms with Crippen molar-refractivity contribution < 1.29 is 9.59 Å². The Kier molecular flexibility index (Phi) is 5.70. The molecule has 0 aliphatic rings. The van der Waals surface area contributed by atoms with Crippen molar-refractivity contribution in [1.82, 2.24) is 0 Å². The van der Waals surface area contributed by atoms with Gasteiger partial charge in [0.05, 0.1) is 0 Å². The van der Waals surface area contributed by atoms with Crippen LogP contribution in [0.5, 0.6) is 0 Å². The summed E-state index contributed by atoms with van der Waals surface area (Å²) in [5, 5.41) is 8.62. The Morgan fingerprint density at radius 1 is 0.533 bits per heavy atom. The molecule has 0 fully saturated rings. The maximum atomic E-state index is 12.6. The second-order valence-corrected chi connectivity index (χ2v) is 7.50. The van der Waals surface area contributed by atoms with Crippen molar-refractivity contribution >= 4 is 57.2 Å². The summed E-state index contributed by atoms with van der Waals surface area (Å²) in [5.74, 6) is -0.482. The highest BCUT2D eigenvalue weighted by Crippen LogP contribution is 2.30. The standard InChI is InChI=1S/C24H16Cl2N2O2/c25-17-11-7-15(8-12-17)23(29)27-21-5-1-3-19-20(21)4-2-6-22(19)28-24(30)16-9-13-18(26)14-10-16/h1-14H,(H,27,29)(H,28,30). The van der Waals surface area contributed by atoms with E-state index in [1.807, 2.05) is 36.4 Å². The largest absolute Gasteiger partial charge is 0.321 e. The molecule has 4 aromatic rings. The van der Waals surface area contributed by atoms with Crippen LogP contribution in [-0.2, 0) is 0 Å². The van der Waals surface area contributed by atoms with Crippen molar-refractivity contribution in [3.8, 4) is 0 Å². The van der Waals surface area contributed by atoms with Crippen LogP contribution in [0, 0.1) is 0 Å². The molecule has 0 spiro atoms. The zero-order valence-electron chi connectivity index (χ0n) is 15.7. The number of hydrogen-bond acceptors (Lipinski definition) is 2. The number of carbonyl (C=O) groups is 2. The highest BCUT2D eigenvalue weighted by molar-refractivity contribution is 6.31. The first kappa shape index (κ1) is 20.0. The fraction of sp³-hybridized carbons (Fsp3) is 0. The van der Waals surface area contributed by atoms with E-state index in [1.165, 1.54) is 0 Å². The summed E-state index contributed by atoms with van der Waals surface area (Å²) >= 11 is 11.8. The lowest BCUT2D eigenvalue weighted by Crippen LogP contribution is -2.13. The number of fused-ring (bicyclic) bond motifs is 1. The smallest absolute Gasteiger partial charge is 0.255 e. The molecule has 4 nitrogen and oxygen atoms in total. The zero-order valence-corrected chi connectivity index (χ0v) is 17.2. The number of amides is 2. The Labute approximate surface area is 183 Å². The molecule has 0 aliphatic carbocycles. The molecule has 0 unspecified atom stereocenters. The number of halogens is 2. The van der Waals surface area contributed by atoms with Crippen LogP contribution in [-0.4, -0.2) is 11.8 Å². The molecule has 0 bridgehead atoms. The quantitative estimate of drug-likeness (QED) is 0.377. The molecule has 0 aliphatic heterocycles. The van der Waals surface area contributed by atoms with E-state index < -0.39 is 0 Å². The Morgan fingerprint density at radius 3 is 1.27 bits per heavy atom. The van der Waals surface area contributed by atoms with Gasteiger partial charge >= 0.3 is 0 Å². The van der Waals surface area contributed by atoms with Crippen LogP contribution in [0.4, 0.5) is 11.4 Å². The Hall–Kier alpha value is -3.34. The summed E-state index contributed by atoms with van der Waals surface area (Å²) in [6.07, 6.45) is 0. The molecule has 2 N–H and O–H groups in total. The van der Waals surface area contributed by atoms with E-state index in [4.69, 9.17) is 23.2 Å². The fourth-order valence-electron chi connectivity index (χ4n) is 3.12. The van der Waals surface area contributed by atoms with Gasteiger partial charge in [-0.2, -0.15) is 0 Å². The van der Waals surface area contributed by atoms with Gasteiger partial charge in [0.15, 0.2) is 0 Å². The first-order chi connectivity index (χ1) is 14.5. The molecular weight excluding hydrogens is 419 g/mol. The SMILES string of the molecule is O=C(Nc1cccc2c(NC(=O)c3ccc(Cl)cc3)cccc12)c1ccc(Cl)cc1. The minimum absolute atomic E-state index is 0.241. The molecule has 0 saturated carbocycles. The minimum atomic E-state index is -0.241. The molecule has 4 aromatic carbocycles. The Morgan fingerprint density at radius 2 is 0.900 bits per heavy atom. The fourth-order valence-corrected chi connectivity index (χ4v) is 3.37. The molecule has 0 heterocycles. The third-order valence-electron chi connectivity index (χ3n) is 4.63. The van der Waals surface area contributed by atoms with Gasteiger partial charge in [0.25, 0.3) is 11.8 Å². The maximum Gasteiger partial charge on any atom is 0.255 e. The van der Waals surface area contributed by atoms with Gasteiger partial charge in [-0.25, -0.2) is 0 Å². The van der Waals surface area contributed by atoms with Crippen molar-refractivity contribution in [3.05, 3.63) is 106 Å². The van der Waals surface area contributed by atoms with Gasteiger partial charge in [0.1, 0.15) is 0 Å². The van der Waals surface area contributed by atoms with Crippen LogP contribution in [0.1, 0.15) is 20.7 Å². The summed E-state index contributed by atoms with van der Waals surface area (Å²) in [6, 6.07) is 24.4. The predicted molar refractivity (Wildman–Crippen MR) is 123 cm³/mol. The Balaban J connectivity index is 1.62. The van der Waals surface area contributed by atoms with E-state index in [0.29, 0.717) is 32.5 Å². The molecule has 148 valence electrons. The molecule has 0 aromatic heterocycles. The summed E-state index contributed by atoms with van der Waals surface area (Å²) in [4.78, 5) is 25.2. The van der Waals surface area contributed by atoms with Gasteiger partial charge in [-0.15, -0.1) is 0 Å². The average Bonchev–Trinajstić information content (AvgIpc) is 2.75. The van der Waals surface area contributed by atoms with Crippen molar-refractivity contribution in [2.75, 3.05) is 10.6 Å². The monoisotopic (exact) mass is 434 g/mol. The molecule has 6 heteroatoms. The molecule has 0 saturated heterocycles. The van der Waals surface area contributed by atoms with Gasteiger partial charge in [-0.3, -0.25) is 9.59 Å². The van der Waals surface area contributed by atoms with Crippen LogP contribution in [0.2, 0.25) is 10.0 Å². The molecule has 2 amide bonds. The van der Waals surface area contributed by atoms with Crippen molar-refractivity contribution in [2.24, 2.45) is 0 Å². The third-order valence-corrected chi connectivity index (χ3v) is 5.14. The summed E-state index contributed by atoms with van der Waals surface area (Å²) < 4.78 is 0. The lowest BCUT2D eigenvalue weighted by molar-refractivity contribution is 0.101. The minimum Gasteiger partial charge on any atom is -0.321 e. The lowest BCUT2D eigenvalue weighted by atomic mass is 10.1. The highest BCUT2D eigenvalue weighted by atomic mass is 35.5.